The average molecular weight is 378 g/mol. The van der Waals surface area contributed by atoms with E-state index in [1.165, 1.54) is 24.3 Å². The molecule has 25 heavy (non-hydrogen) atoms. The van der Waals surface area contributed by atoms with Crippen LogP contribution in [0.3, 0.4) is 0 Å². The van der Waals surface area contributed by atoms with E-state index >= 15 is 0 Å². The van der Waals surface area contributed by atoms with E-state index in [0.29, 0.717) is 16.8 Å². The second-order valence-electron chi connectivity index (χ2n) is 5.15. The molecule has 8 heteroatoms. The number of hydrogen-bond acceptors (Lipinski definition) is 6. The van der Waals surface area contributed by atoms with Gasteiger partial charge in [-0.15, -0.1) is 0 Å². The second kappa shape index (κ2) is 6.70. The van der Waals surface area contributed by atoms with Crippen LogP contribution in [0.4, 0.5) is 0 Å². The van der Waals surface area contributed by atoms with Gasteiger partial charge in [0.1, 0.15) is 4.90 Å². The van der Waals surface area contributed by atoms with Crippen molar-refractivity contribution >= 4 is 39.5 Å². The van der Waals surface area contributed by atoms with Gasteiger partial charge in [0.25, 0.3) is 0 Å². The first-order valence-corrected chi connectivity index (χ1v) is 8.92. The zero-order valence-electron chi connectivity index (χ0n) is 13.0. The number of oxime groups is 1. The Morgan fingerprint density at radius 1 is 1.16 bits per heavy atom. The Morgan fingerprint density at radius 3 is 2.48 bits per heavy atom. The number of halogens is 1. The first-order chi connectivity index (χ1) is 11.9. The van der Waals surface area contributed by atoms with E-state index in [9.17, 15) is 13.2 Å². The third kappa shape index (κ3) is 3.72. The largest absolute Gasteiger partial charge is 0.377 e. The lowest BCUT2D eigenvalue weighted by molar-refractivity contribution is -0.136. The van der Waals surface area contributed by atoms with Crippen LogP contribution in [0.25, 0.3) is 6.08 Å². The Labute approximate surface area is 149 Å². The first kappa shape index (κ1) is 17.2. The van der Waals surface area contributed by atoms with E-state index in [0.717, 1.165) is 0 Å². The minimum atomic E-state index is -3.98. The van der Waals surface area contributed by atoms with Gasteiger partial charge in [-0.05, 0) is 42.8 Å². The van der Waals surface area contributed by atoms with Crippen molar-refractivity contribution in [1.29, 1.82) is 0 Å². The summed E-state index contributed by atoms with van der Waals surface area (Å²) in [6, 6.07) is 12.2. The van der Waals surface area contributed by atoms with Crippen LogP contribution in [0.15, 0.2) is 64.2 Å². The van der Waals surface area contributed by atoms with Gasteiger partial charge in [-0.25, -0.2) is 4.79 Å². The Kier molecular flexibility index (Phi) is 4.61. The second-order valence-corrected chi connectivity index (χ2v) is 7.11. The molecular weight excluding hydrogens is 366 g/mol. The first-order valence-electron chi connectivity index (χ1n) is 7.14. The van der Waals surface area contributed by atoms with Crippen molar-refractivity contribution in [2.75, 3.05) is 0 Å². The molecule has 0 saturated heterocycles. The standard InChI is InChI=1S/C17H12ClNO5S/c1-11-14(17(20)23-19-11)9-12-7-8-16(15(18)10-12)24-25(21,22)13-5-3-2-4-6-13/h2-10H,1H3/b14-9-. The van der Waals surface area contributed by atoms with Crippen LogP contribution in [0.2, 0.25) is 5.02 Å². The maximum atomic E-state index is 12.2. The molecular formula is C17H12ClNO5S. The molecule has 1 aliphatic rings. The van der Waals surface area contributed by atoms with E-state index in [-0.39, 0.29) is 15.7 Å². The molecule has 2 aromatic carbocycles. The van der Waals surface area contributed by atoms with Crippen molar-refractivity contribution in [3.8, 4) is 5.75 Å². The molecule has 6 nitrogen and oxygen atoms in total. The molecule has 0 amide bonds. The summed E-state index contributed by atoms with van der Waals surface area (Å²) in [7, 11) is -3.98. The molecule has 0 aromatic heterocycles. The van der Waals surface area contributed by atoms with Gasteiger partial charge in [0.15, 0.2) is 5.75 Å². The van der Waals surface area contributed by atoms with E-state index in [2.05, 4.69) is 9.99 Å². The SMILES string of the molecule is CC1=NOC(=O)/C1=C\c1ccc(OS(=O)(=O)c2ccccc2)c(Cl)c1. The maximum Gasteiger partial charge on any atom is 0.367 e. The van der Waals surface area contributed by atoms with Crippen molar-refractivity contribution in [1.82, 2.24) is 0 Å². The van der Waals surface area contributed by atoms with Gasteiger partial charge < -0.3 is 9.02 Å². The van der Waals surface area contributed by atoms with Crippen molar-refractivity contribution in [2.24, 2.45) is 5.16 Å². The highest BCUT2D eigenvalue weighted by Gasteiger charge is 2.22. The molecule has 0 N–H and O–H groups in total. The van der Waals surface area contributed by atoms with Crippen LogP contribution in [-0.2, 0) is 19.8 Å². The molecule has 0 aliphatic carbocycles. The van der Waals surface area contributed by atoms with Crippen LogP contribution in [-0.4, -0.2) is 20.1 Å². The van der Waals surface area contributed by atoms with Gasteiger partial charge in [-0.1, -0.05) is 41.0 Å². The van der Waals surface area contributed by atoms with Crippen LogP contribution >= 0.6 is 11.6 Å². The Hall–Kier alpha value is -2.64. The fraction of sp³-hybridized carbons (Fsp3) is 0.0588. The molecule has 1 aliphatic heterocycles. The van der Waals surface area contributed by atoms with Gasteiger partial charge in [0.05, 0.1) is 16.3 Å². The predicted octanol–water partition coefficient (Wildman–Crippen LogP) is 3.42. The summed E-state index contributed by atoms with van der Waals surface area (Å²) in [5.41, 5.74) is 1.34. The number of carbonyl (C=O) groups excluding carboxylic acids is 1. The van der Waals surface area contributed by atoms with Crippen molar-refractivity contribution in [2.45, 2.75) is 11.8 Å². The van der Waals surface area contributed by atoms with Crippen molar-refractivity contribution in [3.05, 3.63) is 64.7 Å². The van der Waals surface area contributed by atoms with Gasteiger partial charge in [-0.3, -0.25) is 0 Å². The summed E-state index contributed by atoms with van der Waals surface area (Å²) < 4.78 is 29.6. The highest BCUT2D eigenvalue weighted by atomic mass is 35.5. The Morgan fingerprint density at radius 2 is 1.88 bits per heavy atom. The van der Waals surface area contributed by atoms with Gasteiger partial charge in [-0.2, -0.15) is 8.42 Å². The maximum absolute atomic E-state index is 12.2. The lowest BCUT2D eigenvalue weighted by Crippen LogP contribution is -2.09. The monoisotopic (exact) mass is 377 g/mol. The lowest BCUT2D eigenvalue weighted by atomic mass is 10.1. The van der Waals surface area contributed by atoms with Crippen molar-refractivity contribution < 1.29 is 22.2 Å². The smallest absolute Gasteiger partial charge is 0.367 e. The molecule has 0 spiro atoms. The number of rotatable bonds is 4. The Balaban J connectivity index is 1.87. The highest BCUT2D eigenvalue weighted by molar-refractivity contribution is 7.87. The molecule has 0 unspecified atom stereocenters. The molecule has 0 saturated carbocycles. The summed E-state index contributed by atoms with van der Waals surface area (Å²) in [5, 5.41) is 3.67. The number of hydrogen-bond donors (Lipinski definition) is 0. The van der Waals surface area contributed by atoms with Gasteiger partial charge >= 0.3 is 16.1 Å². The van der Waals surface area contributed by atoms with Crippen LogP contribution < -0.4 is 4.18 Å². The normalized spacial score (nSPS) is 15.8. The average Bonchev–Trinajstić information content (AvgIpc) is 2.90. The minimum Gasteiger partial charge on any atom is -0.377 e. The minimum absolute atomic E-state index is 0.00735. The molecule has 3 rings (SSSR count). The zero-order chi connectivity index (χ0) is 18.0. The summed E-state index contributed by atoms with van der Waals surface area (Å²) in [6.07, 6.45) is 1.55. The van der Waals surface area contributed by atoms with Crippen LogP contribution in [0.1, 0.15) is 12.5 Å². The quantitative estimate of drug-likeness (QED) is 0.463. The van der Waals surface area contributed by atoms with E-state index in [1.54, 1.807) is 37.3 Å². The Bertz CT molecular complexity index is 997. The summed E-state index contributed by atoms with van der Waals surface area (Å²) in [5.74, 6) is -0.562. The summed E-state index contributed by atoms with van der Waals surface area (Å²) in [6.45, 7) is 1.64. The lowest BCUT2D eigenvalue weighted by Gasteiger charge is -2.09. The van der Waals surface area contributed by atoms with Crippen LogP contribution in [0.5, 0.6) is 5.75 Å². The molecule has 0 fully saturated rings. The van der Waals surface area contributed by atoms with Gasteiger partial charge in [0.2, 0.25) is 0 Å². The molecule has 0 atom stereocenters. The number of nitrogens with zero attached hydrogens (tertiary/aromatic N) is 1. The van der Waals surface area contributed by atoms with E-state index in [1.807, 2.05) is 0 Å². The molecule has 1 heterocycles. The fourth-order valence-corrected chi connectivity index (χ4v) is 3.36. The third-order valence-corrected chi connectivity index (χ3v) is 4.92. The van der Waals surface area contributed by atoms with E-state index in [4.69, 9.17) is 15.8 Å². The highest BCUT2D eigenvalue weighted by Crippen LogP contribution is 2.29. The van der Waals surface area contributed by atoms with Crippen LogP contribution in [0, 0.1) is 0 Å². The molecule has 128 valence electrons. The topological polar surface area (TPSA) is 82.0 Å². The number of carbonyl (C=O) groups is 1. The fourth-order valence-electron chi connectivity index (χ4n) is 2.11. The molecule has 0 bridgehead atoms. The predicted molar refractivity (Wildman–Crippen MR) is 92.9 cm³/mol. The summed E-state index contributed by atoms with van der Waals surface area (Å²) in [4.78, 5) is 16.1. The number of benzene rings is 2. The van der Waals surface area contributed by atoms with Crippen molar-refractivity contribution in [3.63, 3.8) is 0 Å². The zero-order valence-corrected chi connectivity index (χ0v) is 14.5. The molecule has 0 radical (unpaired) electrons. The third-order valence-electron chi connectivity index (χ3n) is 3.37. The van der Waals surface area contributed by atoms with Gasteiger partial charge in [0, 0.05) is 0 Å². The molecule has 2 aromatic rings. The summed E-state index contributed by atoms with van der Waals surface area (Å²) >= 11 is 6.12. The van der Waals surface area contributed by atoms with E-state index < -0.39 is 16.1 Å².